The van der Waals surface area contributed by atoms with Crippen molar-refractivity contribution in [3.8, 4) is 0 Å². The monoisotopic (exact) mass is 331 g/mol. The second-order valence-corrected chi connectivity index (χ2v) is 6.21. The number of halogens is 2. The molecule has 3 rings (SSSR count). The molecule has 1 aliphatic rings. The van der Waals surface area contributed by atoms with Gasteiger partial charge in [-0.1, -0.05) is 36.4 Å². The average molecular weight is 331 g/mol. The van der Waals surface area contributed by atoms with E-state index in [9.17, 15) is 18.7 Å². The first-order chi connectivity index (χ1) is 11.5. The van der Waals surface area contributed by atoms with Crippen LogP contribution in [0.15, 0.2) is 42.5 Å². The van der Waals surface area contributed by atoms with Crippen LogP contribution in [0.5, 0.6) is 0 Å². The Bertz CT molecular complexity index is 763. The van der Waals surface area contributed by atoms with Crippen LogP contribution in [0, 0.1) is 11.6 Å². The number of hydrogen-bond donors (Lipinski definition) is 2. The summed E-state index contributed by atoms with van der Waals surface area (Å²) in [4.78, 5) is 12.1. The molecular formula is C19H19F2NO2. The lowest BCUT2D eigenvalue weighted by molar-refractivity contribution is -0.122. The Balaban J connectivity index is 1.67. The van der Waals surface area contributed by atoms with E-state index in [0.29, 0.717) is 6.42 Å². The second-order valence-electron chi connectivity index (χ2n) is 6.21. The Morgan fingerprint density at radius 3 is 2.79 bits per heavy atom. The SMILES string of the molecule is O=C(Cc1cccc(F)c1F)NCC1(O)CCCc2ccccc21. The van der Waals surface area contributed by atoms with Gasteiger partial charge in [-0.15, -0.1) is 0 Å². The van der Waals surface area contributed by atoms with Crippen LogP contribution in [-0.2, 0) is 23.2 Å². The minimum Gasteiger partial charge on any atom is -0.383 e. The molecule has 0 radical (unpaired) electrons. The Labute approximate surface area is 139 Å². The van der Waals surface area contributed by atoms with E-state index in [2.05, 4.69) is 5.32 Å². The smallest absolute Gasteiger partial charge is 0.224 e. The quantitative estimate of drug-likeness (QED) is 0.905. The summed E-state index contributed by atoms with van der Waals surface area (Å²) in [7, 11) is 0. The van der Waals surface area contributed by atoms with Crippen LogP contribution in [0.4, 0.5) is 8.78 Å². The molecule has 0 saturated heterocycles. The zero-order valence-corrected chi connectivity index (χ0v) is 13.2. The molecule has 1 atom stereocenters. The number of carbonyl (C=O) groups excluding carboxylic acids is 1. The third kappa shape index (κ3) is 3.31. The summed E-state index contributed by atoms with van der Waals surface area (Å²) in [6.45, 7) is 0.0553. The molecule has 0 fully saturated rings. The Morgan fingerprint density at radius 2 is 1.96 bits per heavy atom. The number of amides is 1. The summed E-state index contributed by atoms with van der Waals surface area (Å²) in [5.74, 6) is -2.43. The first-order valence-electron chi connectivity index (χ1n) is 8.00. The fourth-order valence-electron chi connectivity index (χ4n) is 3.25. The van der Waals surface area contributed by atoms with E-state index >= 15 is 0 Å². The van der Waals surface area contributed by atoms with Crippen molar-refractivity contribution >= 4 is 5.91 Å². The number of fused-ring (bicyclic) bond motifs is 1. The fourth-order valence-corrected chi connectivity index (χ4v) is 3.25. The van der Waals surface area contributed by atoms with Crippen molar-refractivity contribution in [2.75, 3.05) is 6.54 Å². The molecule has 0 saturated carbocycles. The predicted octanol–water partition coefficient (Wildman–Crippen LogP) is 2.85. The molecule has 2 aromatic carbocycles. The van der Waals surface area contributed by atoms with Crippen LogP contribution in [0.1, 0.15) is 29.5 Å². The average Bonchev–Trinajstić information content (AvgIpc) is 2.58. The van der Waals surface area contributed by atoms with E-state index < -0.39 is 23.1 Å². The molecular weight excluding hydrogens is 312 g/mol. The minimum atomic E-state index is -1.12. The molecule has 5 heteroatoms. The predicted molar refractivity (Wildman–Crippen MR) is 86.3 cm³/mol. The van der Waals surface area contributed by atoms with Crippen molar-refractivity contribution in [3.63, 3.8) is 0 Å². The number of benzene rings is 2. The fraction of sp³-hybridized carbons (Fsp3) is 0.316. The van der Waals surface area contributed by atoms with Gasteiger partial charge in [0.1, 0.15) is 5.60 Å². The Morgan fingerprint density at radius 1 is 1.17 bits per heavy atom. The number of rotatable bonds is 4. The normalized spacial score (nSPS) is 19.6. The molecule has 2 aromatic rings. The van der Waals surface area contributed by atoms with Gasteiger partial charge in [0, 0.05) is 5.56 Å². The van der Waals surface area contributed by atoms with Crippen molar-refractivity contribution < 1.29 is 18.7 Å². The van der Waals surface area contributed by atoms with Crippen LogP contribution >= 0.6 is 0 Å². The summed E-state index contributed by atoms with van der Waals surface area (Å²) in [6, 6.07) is 11.4. The van der Waals surface area contributed by atoms with Gasteiger partial charge in [-0.2, -0.15) is 0 Å². The molecule has 3 nitrogen and oxygen atoms in total. The van der Waals surface area contributed by atoms with Gasteiger partial charge in [-0.25, -0.2) is 8.78 Å². The molecule has 0 spiro atoms. The van der Waals surface area contributed by atoms with Crippen LogP contribution in [0.3, 0.4) is 0 Å². The van der Waals surface area contributed by atoms with Crippen molar-refractivity contribution in [3.05, 3.63) is 70.8 Å². The van der Waals surface area contributed by atoms with Gasteiger partial charge in [-0.05, 0) is 36.5 Å². The van der Waals surface area contributed by atoms with E-state index in [1.54, 1.807) is 0 Å². The summed E-state index contributed by atoms with van der Waals surface area (Å²) in [5, 5.41) is 13.5. The van der Waals surface area contributed by atoms with Crippen LogP contribution < -0.4 is 5.32 Å². The molecule has 1 aliphatic carbocycles. The lowest BCUT2D eigenvalue weighted by Gasteiger charge is -2.34. The third-order valence-corrected chi connectivity index (χ3v) is 4.52. The highest BCUT2D eigenvalue weighted by molar-refractivity contribution is 5.78. The lowest BCUT2D eigenvalue weighted by atomic mass is 9.79. The lowest BCUT2D eigenvalue weighted by Crippen LogP contribution is -2.43. The first-order valence-corrected chi connectivity index (χ1v) is 8.00. The highest BCUT2D eigenvalue weighted by Gasteiger charge is 2.34. The van der Waals surface area contributed by atoms with Crippen molar-refractivity contribution in [1.29, 1.82) is 0 Å². The van der Waals surface area contributed by atoms with Crippen molar-refractivity contribution in [2.24, 2.45) is 0 Å². The van der Waals surface area contributed by atoms with E-state index in [1.165, 1.54) is 12.1 Å². The van der Waals surface area contributed by atoms with Crippen LogP contribution in [-0.4, -0.2) is 17.6 Å². The number of aryl methyl sites for hydroxylation is 1. The summed E-state index contributed by atoms with van der Waals surface area (Å²) in [6.07, 6.45) is 2.03. The number of hydrogen-bond acceptors (Lipinski definition) is 2. The Kier molecular flexibility index (Phi) is 4.62. The molecule has 0 aromatic heterocycles. The molecule has 0 aliphatic heterocycles. The number of carbonyl (C=O) groups is 1. The maximum absolute atomic E-state index is 13.6. The topological polar surface area (TPSA) is 49.3 Å². The summed E-state index contributed by atoms with van der Waals surface area (Å²) < 4.78 is 26.8. The minimum absolute atomic E-state index is 0.00327. The van der Waals surface area contributed by atoms with Crippen molar-refractivity contribution in [2.45, 2.75) is 31.3 Å². The van der Waals surface area contributed by atoms with E-state index in [4.69, 9.17) is 0 Å². The largest absolute Gasteiger partial charge is 0.383 e. The molecule has 126 valence electrons. The second kappa shape index (κ2) is 6.69. The molecule has 0 bridgehead atoms. The maximum atomic E-state index is 13.6. The third-order valence-electron chi connectivity index (χ3n) is 4.52. The molecule has 2 N–H and O–H groups in total. The van der Waals surface area contributed by atoms with Gasteiger partial charge in [0.15, 0.2) is 11.6 Å². The van der Waals surface area contributed by atoms with Gasteiger partial charge < -0.3 is 10.4 Å². The van der Waals surface area contributed by atoms with E-state index in [1.807, 2.05) is 24.3 Å². The number of aliphatic hydroxyl groups is 1. The van der Waals surface area contributed by atoms with E-state index in [-0.39, 0.29) is 18.5 Å². The maximum Gasteiger partial charge on any atom is 0.224 e. The van der Waals surface area contributed by atoms with Crippen LogP contribution in [0.2, 0.25) is 0 Å². The summed E-state index contributed by atoms with van der Waals surface area (Å²) >= 11 is 0. The first kappa shape index (κ1) is 16.6. The Hall–Kier alpha value is -2.27. The molecule has 1 amide bonds. The highest BCUT2D eigenvalue weighted by Crippen LogP contribution is 2.34. The summed E-state index contributed by atoms with van der Waals surface area (Å²) in [5.41, 5.74) is 0.791. The molecule has 1 unspecified atom stereocenters. The van der Waals surface area contributed by atoms with Gasteiger partial charge in [0.2, 0.25) is 5.91 Å². The van der Waals surface area contributed by atoms with Gasteiger partial charge >= 0.3 is 0 Å². The molecule has 0 heterocycles. The van der Waals surface area contributed by atoms with E-state index in [0.717, 1.165) is 30.0 Å². The van der Waals surface area contributed by atoms with Gasteiger partial charge in [0.05, 0.1) is 13.0 Å². The molecule has 24 heavy (non-hydrogen) atoms. The zero-order valence-electron chi connectivity index (χ0n) is 13.2. The zero-order chi connectivity index (χ0) is 17.2. The van der Waals surface area contributed by atoms with Crippen LogP contribution in [0.25, 0.3) is 0 Å². The van der Waals surface area contributed by atoms with Crippen molar-refractivity contribution in [1.82, 2.24) is 5.32 Å². The standard InChI is InChI=1S/C19H19F2NO2/c20-16-9-3-6-14(18(16)21)11-17(23)22-12-19(24)10-4-7-13-5-1-2-8-15(13)19/h1-3,5-6,8-9,24H,4,7,10-12H2,(H,22,23). The van der Waals surface area contributed by atoms with Gasteiger partial charge in [0.25, 0.3) is 0 Å². The van der Waals surface area contributed by atoms with Gasteiger partial charge in [-0.3, -0.25) is 4.79 Å². The highest BCUT2D eigenvalue weighted by atomic mass is 19.2. The number of nitrogens with one attached hydrogen (secondary N) is 1.